The van der Waals surface area contributed by atoms with Crippen LogP contribution in [0.5, 0.6) is 0 Å². The molecule has 1 aliphatic heterocycles. The smallest absolute Gasteiger partial charge is 0.390 e. The van der Waals surface area contributed by atoms with E-state index in [4.69, 9.17) is 0 Å². The van der Waals surface area contributed by atoms with Crippen molar-refractivity contribution in [2.45, 2.75) is 54.7 Å². The number of halogens is 7. The fraction of sp³-hybridized carbons (Fsp3) is 0.500. The van der Waals surface area contributed by atoms with E-state index in [2.05, 4.69) is 32.9 Å². The highest BCUT2D eigenvalue weighted by Crippen LogP contribution is 2.43. The second-order valence-electron chi connectivity index (χ2n) is 8.89. The first-order valence-electron chi connectivity index (χ1n) is 10.9. The van der Waals surface area contributed by atoms with E-state index in [0.717, 1.165) is 16.9 Å². The lowest BCUT2D eigenvalue weighted by atomic mass is 10.0. The molecule has 1 unspecified atom stereocenters. The molecule has 0 bridgehead atoms. The number of hydrogen-bond acceptors (Lipinski definition) is 5. The summed E-state index contributed by atoms with van der Waals surface area (Å²) in [6.45, 7) is 0.146. The molecule has 1 saturated heterocycles. The number of fused-ring (bicyclic) bond motifs is 3. The third kappa shape index (κ3) is 5.18. The van der Waals surface area contributed by atoms with Crippen molar-refractivity contribution < 1.29 is 39.9 Å². The maximum absolute atomic E-state index is 13.9. The van der Waals surface area contributed by atoms with Gasteiger partial charge >= 0.3 is 12.4 Å². The molecule has 14 heteroatoms. The lowest BCUT2D eigenvalue weighted by Crippen LogP contribution is -2.35. The molecule has 3 heterocycles. The number of rotatable bonds is 4. The summed E-state index contributed by atoms with van der Waals surface area (Å²) in [6, 6.07) is 1.41. The predicted molar refractivity (Wildman–Crippen MR) is 130 cm³/mol. The summed E-state index contributed by atoms with van der Waals surface area (Å²) in [5.74, 6) is 0. The molecule has 0 spiro atoms. The number of aliphatic hydroxyl groups is 1. The predicted octanol–water partition coefficient (Wildman–Crippen LogP) is 5.11. The molecule has 0 radical (unpaired) electrons. The highest BCUT2D eigenvalue weighted by atomic mass is 127. The maximum atomic E-state index is 13.9. The van der Waals surface area contributed by atoms with Crippen molar-refractivity contribution in [2.75, 3.05) is 17.2 Å². The van der Waals surface area contributed by atoms with E-state index in [1.807, 2.05) is 0 Å². The number of pyridine rings is 1. The van der Waals surface area contributed by atoms with Crippen molar-refractivity contribution >= 4 is 54.4 Å². The van der Waals surface area contributed by atoms with Crippen molar-refractivity contribution in [1.82, 2.24) is 14.9 Å². The Labute approximate surface area is 216 Å². The van der Waals surface area contributed by atoms with Crippen LogP contribution in [0.15, 0.2) is 29.3 Å². The maximum Gasteiger partial charge on any atom is 0.417 e. The number of nitrogens with zero attached hydrogens (tertiary/aromatic N) is 2. The average Bonchev–Trinajstić information content (AvgIpc) is 2.96. The van der Waals surface area contributed by atoms with Crippen LogP contribution in [-0.4, -0.2) is 52.4 Å². The lowest BCUT2D eigenvalue weighted by Gasteiger charge is -2.24. The van der Waals surface area contributed by atoms with Gasteiger partial charge in [0.25, 0.3) is 0 Å². The van der Waals surface area contributed by atoms with Crippen molar-refractivity contribution in [2.24, 2.45) is 0 Å². The van der Waals surface area contributed by atoms with Gasteiger partial charge in [-0.1, -0.05) is 22.6 Å². The van der Waals surface area contributed by atoms with Crippen molar-refractivity contribution in [1.29, 1.82) is 0 Å². The fourth-order valence-electron chi connectivity index (χ4n) is 4.73. The first-order chi connectivity index (χ1) is 16.6. The van der Waals surface area contributed by atoms with Gasteiger partial charge in [-0.05, 0) is 37.5 Å². The Bertz CT molecular complexity index is 1400. The van der Waals surface area contributed by atoms with E-state index >= 15 is 0 Å². The Morgan fingerprint density at radius 3 is 2.39 bits per heavy atom. The van der Waals surface area contributed by atoms with Gasteiger partial charge in [-0.15, -0.1) is 0 Å². The molecule has 3 aromatic rings. The number of alkyl halides is 7. The minimum atomic E-state index is -5.07. The molecule has 2 aromatic heterocycles. The van der Waals surface area contributed by atoms with Gasteiger partial charge in [0.15, 0.2) is 9.84 Å². The van der Waals surface area contributed by atoms with E-state index in [1.165, 1.54) is 4.57 Å². The van der Waals surface area contributed by atoms with Crippen LogP contribution in [0, 0.1) is 0 Å². The lowest BCUT2D eigenvalue weighted by molar-refractivity contribution is -0.140. The van der Waals surface area contributed by atoms with Gasteiger partial charge in [-0.25, -0.2) is 13.4 Å². The molecule has 0 aliphatic carbocycles. The van der Waals surface area contributed by atoms with Crippen LogP contribution in [0.3, 0.4) is 0 Å². The number of aromatic nitrogens is 2. The number of benzene rings is 1. The molecule has 1 fully saturated rings. The van der Waals surface area contributed by atoms with E-state index in [-0.39, 0.29) is 34.5 Å². The van der Waals surface area contributed by atoms with Crippen LogP contribution in [-0.2, 0) is 22.2 Å². The van der Waals surface area contributed by atoms with E-state index in [0.29, 0.717) is 37.4 Å². The van der Waals surface area contributed by atoms with Gasteiger partial charge in [0, 0.05) is 40.2 Å². The number of sulfone groups is 1. The van der Waals surface area contributed by atoms with Gasteiger partial charge in [-0.3, -0.25) is 0 Å². The summed E-state index contributed by atoms with van der Waals surface area (Å²) in [6.07, 6.45) is -7.94. The topological polar surface area (TPSA) is 84.2 Å². The molecule has 0 saturated carbocycles. The Kier molecular flexibility index (Phi) is 7.29. The number of aliphatic hydroxyl groups excluding tert-OH is 1. The van der Waals surface area contributed by atoms with Gasteiger partial charge in [0.05, 0.1) is 33.7 Å². The van der Waals surface area contributed by atoms with Crippen molar-refractivity contribution in [3.63, 3.8) is 0 Å². The van der Waals surface area contributed by atoms with Gasteiger partial charge in [-0.2, -0.15) is 26.3 Å². The highest BCUT2D eigenvalue weighted by Gasteiger charge is 2.39. The van der Waals surface area contributed by atoms with Gasteiger partial charge in [0.2, 0.25) is 0 Å². The summed E-state index contributed by atoms with van der Waals surface area (Å²) >= 11 is 2.22. The summed E-state index contributed by atoms with van der Waals surface area (Å²) < 4.78 is 109. The number of β-amino-alcohol motifs (C(OH)–C–C–N with tert-alkyl or cyclic N) is 1. The zero-order valence-corrected chi connectivity index (χ0v) is 21.8. The van der Waals surface area contributed by atoms with Crippen LogP contribution in [0.1, 0.15) is 36.4 Å². The van der Waals surface area contributed by atoms with E-state index in [9.17, 15) is 39.9 Å². The van der Waals surface area contributed by atoms with Crippen LogP contribution in [0.25, 0.3) is 21.9 Å². The Morgan fingerprint density at radius 2 is 1.81 bits per heavy atom. The SMILES string of the molecule is CS(=O)(=O)c1cc2c(cc1C(F)(F)F)c1cc(C(F)(F)F)cnc1n2[C@H]1CCC(CCI)NC[C@@H]1O. The van der Waals surface area contributed by atoms with Crippen LogP contribution >= 0.6 is 22.6 Å². The normalized spacial score (nSPS) is 22.3. The first kappa shape index (κ1) is 27.4. The zero-order valence-electron chi connectivity index (χ0n) is 18.8. The molecule has 3 atom stereocenters. The minimum Gasteiger partial charge on any atom is -0.390 e. The summed E-state index contributed by atoms with van der Waals surface area (Å²) in [5, 5.41) is 13.7. The summed E-state index contributed by atoms with van der Waals surface area (Å²) in [5.41, 5.74) is -2.73. The first-order valence-corrected chi connectivity index (χ1v) is 14.3. The number of hydrogen-bond donors (Lipinski definition) is 2. The summed E-state index contributed by atoms with van der Waals surface area (Å²) in [4.78, 5) is 2.95. The average molecular weight is 649 g/mol. The summed E-state index contributed by atoms with van der Waals surface area (Å²) in [7, 11) is -4.37. The highest BCUT2D eigenvalue weighted by molar-refractivity contribution is 14.1. The molecular formula is C22H22F6IN3O3S. The molecule has 4 rings (SSSR count). The Balaban J connectivity index is 2.07. The molecule has 198 valence electrons. The third-order valence-corrected chi connectivity index (χ3v) is 8.19. The number of nitrogens with one attached hydrogen (secondary N) is 1. The van der Waals surface area contributed by atoms with Crippen molar-refractivity contribution in [3.8, 4) is 0 Å². The molecular weight excluding hydrogens is 627 g/mol. The van der Waals surface area contributed by atoms with E-state index < -0.39 is 50.4 Å². The standard InChI is InChI=1S/C22H22F6IN3O3S/c1-36(34,35)19-8-17-13(7-15(19)22(26,27)28)14-6-11(21(23,24)25)9-31-20(14)32(17)16-3-2-12(4-5-29)30-10-18(16)33/h6-9,12,16,18,30,33H,2-5,10H2,1H3/t12?,16-,18-/m0/s1. The molecule has 1 aromatic carbocycles. The Morgan fingerprint density at radius 1 is 1.11 bits per heavy atom. The van der Waals surface area contributed by atoms with Gasteiger partial charge in [0.1, 0.15) is 5.65 Å². The van der Waals surface area contributed by atoms with Crippen LogP contribution in [0.4, 0.5) is 26.3 Å². The second-order valence-corrected chi connectivity index (χ2v) is 12.0. The second kappa shape index (κ2) is 9.58. The van der Waals surface area contributed by atoms with Crippen LogP contribution < -0.4 is 5.32 Å². The van der Waals surface area contributed by atoms with Crippen LogP contribution in [0.2, 0.25) is 0 Å². The minimum absolute atomic E-state index is 0.0401. The Hall–Kier alpha value is -1.65. The molecule has 36 heavy (non-hydrogen) atoms. The monoisotopic (exact) mass is 649 g/mol. The molecule has 0 amide bonds. The quantitative estimate of drug-likeness (QED) is 0.233. The van der Waals surface area contributed by atoms with Crippen molar-refractivity contribution in [3.05, 3.63) is 35.5 Å². The van der Waals surface area contributed by atoms with E-state index in [1.54, 1.807) is 0 Å². The third-order valence-electron chi connectivity index (χ3n) is 6.43. The largest absolute Gasteiger partial charge is 0.417 e. The fourth-order valence-corrected chi connectivity index (χ4v) is 6.39. The molecule has 2 N–H and O–H groups in total. The molecule has 1 aliphatic rings. The molecule has 6 nitrogen and oxygen atoms in total. The zero-order chi connectivity index (χ0) is 26.6. The van der Waals surface area contributed by atoms with Gasteiger partial charge < -0.3 is 15.0 Å².